The number of nitrogens with zero attached hydrogens (tertiary/aromatic N) is 4. The van der Waals surface area contributed by atoms with Crippen molar-refractivity contribution in [3.8, 4) is 0 Å². The summed E-state index contributed by atoms with van der Waals surface area (Å²) in [6.07, 6.45) is 0. The van der Waals surface area contributed by atoms with Crippen molar-refractivity contribution >= 4 is 64.2 Å². The number of azo groups is 2. The Morgan fingerprint density at radius 1 is 0.800 bits per heavy atom. The molecule has 0 radical (unpaired) electrons. The lowest BCUT2D eigenvalue weighted by Crippen LogP contribution is -2.19. The van der Waals surface area contributed by atoms with Crippen molar-refractivity contribution in [2.24, 2.45) is 26.2 Å². The van der Waals surface area contributed by atoms with Crippen LogP contribution in [0, 0.1) is 0 Å². The third-order valence-corrected chi connectivity index (χ3v) is 5.15. The van der Waals surface area contributed by atoms with E-state index < -0.39 is 6.03 Å². The predicted molar refractivity (Wildman–Crippen MR) is 127 cm³/mol. The number of benzene rings is 3. The number of anilines is 2. The fraction of sp³-hybridized carbons (Fsp3) is 0. The SMILES string of the molecule is NC(=O)Nc1cc(N)ccc1N=Nc1ccc(N=Nc2ccc(SOOO)cc2)cc1SOOO. The van der Waals surface area contributed by atoms with Gasteiger partial charge in [-0.1, -0.05) is 10.1 Å². The van der Waals surface area contributed by atoms with Gasteiger partial charge in [0.05, 0.1) is 46.0 Å². The number of amides is 2. The van der Waals surface area contributed by atoms with Gasteiger partial charge in [0.15, 0.2) is 0 Å². The fourth-order valence-electron chi connectivity index (χ4n) is 2.49. The number of urea groups is 1. The lowest BCUT2D eigenvalue weighted by atomic mass is 10.2. The Balaban J connectivity index is 1.81. The quantitative estimate of drug-likeness (QED) is 0.0614. The van der Waals surface area contributed by atoms with Crippen LogP contribution in [-0.2, 0) is 18.7 Å². The second-order valence-corrected chi connectivity index (χ2v) is 7.78. The highest BCUT2D eigenvalue weighted by Gasteiger charge is 2.09. The summed E-state index contributed by atoms with van der Waals surface area (Å²) < 4.78 is 8.89. The molecule has 3 aromatic carbocycles. The maximum absolute atomic E-state index is 11.2. The van der Waals surface area contributed by atoms with Gasteiger partial charge in [0, 0.05) is 10.6 Å². The number of carbonyl (C=O) groups is 1. The lowest BCUT2D eigenvalue weighted by Gasteiger charge is -2.07. The van der Waals surface area contributed by atoms with Crippen LogP contribution in [0.15, 0.2) is 90.9 Å². The van der Waals surface area contributed by atoms with E-state index >= 15 is 0 Å². The summed E-state index contributed by atoms with van der Waals surface area (Å²) in [5.41, 5.74) is 13.2. The van der Waals surface area contributed by atoms with Crippen LogP contribution in [0.5, 0.6) is 0 Å². The third kappa shape index (κ3) is 8.28. The first-order chi connectivity index (χ1) is 17.0. The molecule has 0 saturated carbocycles. The largest absolute Gasteiger partial charge is 0.399 e. The summed E-state index contributed by atoms with van der Waals surface area (Å²) in [4.78, 5) is 12.3. The maximum atomic E-state index is 11.2. The van der Waals surface area contributed by atoms with E-state index in [1.807, 2.05) is 0 Å². The van der Waals surface area contributed by atoms with Crippen LogP contribution in [0.3, 0.4) is 0 Å². The number of hydrogen-bond donors (Lipinski definition) is 5. The van der Waals surface area contributed by atoms with E-state index in [4.69, 9.17) is 22.0 Å². The number of nitrogen functional groups attached to an aromatic ring is 1. The molecule has 0 bridgehead atoms. The van der Waals surface area contributed by atoms with E-state index in [0.717, 1.165) is 12.0 Å². The molecule has 0 aliphatic heterocycles. The summed E-state index contributed by atoms with van der Waals surface area (Å²) in [6, 6.07) is 15.4. The molecular weight excluding hydrogens is 502 g/mol. The number of nitrogens with one attached hydrogen (secondary N) is 1. The summed E-state index contributed by atoms with van der Waals surface area (Å²) in [5, 5.41) is 42.9. The Morgan fingerprint density at radius 2 is 1.43 bits per heavy atom. The monoisotopic (exact) mass is 519 g/mol. The third-order valence-electron chi connectivity index (χ3n) is 3.92. The van der Waals surface area contributed by atoms with Crippen molar-refractivity contribution in [2.45, 2.75) is 9.79 Å². The van der Waals surface area contributed by atoms with Crippen molar-refractivity contribution < 1.29 is 34.1 Å². The maximum Gasteiger partial charge on any atom is 0.316 e. The van der Waals surface area contributed by atoms with Gasteiger partial charge in [-0.3, -0.25) is 0 Å². The number of nitrogens with two attached hydrogens (primary N) is 2. The van der Waals surface area contributed by atoms with Gasteiger partial charge in [0.25, 0.3) is 0 Å². The van der Waals surface area contributed by atoms with Crippen molar-refractivity contribution in [3.05, 3.63) is 60.7 Å². The standard InChI is InChI=1S/C19H17N7O7S2/c20-11-1-7-15(17(9-11)22-19(21)27)25-26-16-8-4-13(10-18(16)35-33-31-29)24-23-12-2-5-14(6-3-12)34-32-30-28/h1-10,28-29H,20H2,(H3,21,22,27). The molecule has 3 aromatic rings. The minimum atomic E-state index is -0.785. The Labute approximate surface area is 206 Å². The van der Waals surface area contributed by atoms with Gasteiger partial charge in [-0.15, -0.1) is 18.9 Å². The molecule has 3 rings (SSSR count). The Morgan fingerprint density at radius 3 is 2.14 bits per heavy atom. The highest BCUT2D eigenvalue weighted by atomic mass is 32.2. The second-order valence-electron chi connectivity index (χ2n) is 6.26. The second kappa shape index (κ2) is 13.3. The van der Waals surface area contributed by atoms with Gasteiger partial charge < -0.3 is 16.8 Å². The first-order valence-corrected chi connectivity index (χ1v) is 10.8. The van der Waals surface area contributed by atoms with E-state index in [9.17, 15) is 4.79 Å². The van der Waals surface area contributed by atoms with E-state index in [1.54, 1.807) is 54.6 Å². The summed E-state index contributed by atoms with van der Waals surface area (Å²) in [7, 11) is 0. The molecule has 0 saturated heterocycles. The van der Waals surface area contributed by atoms with Crippen LogP contribution >= 0.6 is 24.1 Å². The van der Waals surface area contributed by atoms with Crippen LogP contribution in [0.4, 0.5) is 38.9 Å². The van der Waals surface area contributed by atoms with E-state index in [0.29, 0.717) is 50.3 Å². The molecule has 0 spiro atoms. The number of hydrogen-bond acceptors (Lipinski definition) is 14. The average Bonchev–Trinajstić information content (AvgIpc) is 2.85. The molecule has 0 aromatic heterocycles. The molecule has 0 aliphatic carbocycles. The molecule has 0 heterocycles. The zero-order valence-corrected chi connectivity index (χ0v) is 19.1. The van der Waals surface area contributed by atoms with Gasteiger partial charge in [-0.25, -0.2) is 15.3 Å². The van der Waals surface area contributed by atoms with Gasteiger partial charge in [-0.2, -0.15) is 10.2 Å². The highest BCUT2D eigenvalue weighted by Crippen LogP contribution is 2.36. The fourth-order valence-corrected chi connectivity index (χ4v) is 3.31. The van der Waals surface area contributed by atoms with Crippen LogP contribution in [-0.4, -0.2) is 16.5 Å². The van der Waals surface area contributed by atoms with Gasteiger partial charge >= 0.3 is 6.03 Å². The molecule has 16 heteroatoms. The zero-order valence-electron chi connectivity index (χ0n) is 17.5. The highest BCUT2D eigenvalue weighted by molar-refractivity contribution is 7.94. The molecule has 182 valence electrons. The normalized spacial score (nSPS) is 11.4. The Bertz CT molecular complexity index is 1210. The summed E-state index contributed by atoms with van der Waals surface area (Å²) in [6.45, 7) is 0. The van der Waals surface area contributed by atoms with Crippen LogP contribution in [0.1, 0.15) is 0 Å². The molecule has 2 amide bonds. The molecule has 0 atom stereocenters. The minimum Gasteiger partial charge on any atom is -0.399 e. The summed E-state index contributed by atoms with van der Waals surface area (Å²) >= 11 is 1.47. The molecule has 7 N–H and O–H groups in total. The number of primary amides is 1. The van der Waals surface area contributed by atoms with Gasteiger partial charge in [-0.05, 0) is 60.7 Å². The van der Waals surface area contributed by atoms with Crippen LogP contribution in [0.25, 0.3) is 0 Å². The van der Waals surface area contributed by atoms with Crippen LogP contribution < -0.4 is 16.8 Å². The molecule has 35 heavy (non-hydrogen) atoms. The topological polar surface area (TPSA) is 208 Å². The van der Waals surface area contributed by atoms with Crippen molar-refractivity contribution in [1.29, 1.82) is 0 Å². The Hall–Kier alpha value is -3.61. The predicted octanol–water partition coefficient (Wildman–Crippen LogP) is 6.45. The van der Waals surface area contributed by atoms with Gasteiger partial charge in [0.2, 0.25) is 0 Å². The number of rotatable bonds is 11. The minimum absolute atomic E-state index is 0.274. The van der Waals surface area contributed by atoms with Gasteiger partial charge in [0.1, 0.15) is 11.4 Å². The summed E-state index contributed by atoms with van der Waals surface area (Å²) in [5.74, 6) is 0. The first-order valence-electron chi connectivity index (χ1n) is 9.31. The van der Waals surface area contributed by atoms with Crippen LogP contribution in [0.2, 0.25) is 0 Å². The van der Waals surface area contributed by atoms with Crippen molar-refractivity contribution in [3.63, 3.8) is 0 Å². The molecule has 0 aliphatic rings. The number of carbonyl (C=O) groups excluding carboxylic acids is 1. The van der Waals surface area contributed by atoms with Crippen molar-refractivity contribution in [1.82, 2.24) is 0 Å². The molecular formula is C19H17N7O7S2. The average molecular weight is 520 g/mol. The van der Waals surface area contributed by atoms with E-state index in [1.165, 1.54) is 6.07 Å². The molecule has 0 unspecified atom stereocenters. The molecule has 14 nitrogen and oxygen atoms in total. The van der Waals surface area contributed by atoms with Crippen molar-refractivity contribution in [2.75, 3.05) is 11.1 Å². The first kappa shape index (κ1) is 26.0. The van der Waals surface area contributed by atoms with E-state index in [2.05, 4.69) is 44.5 Å². The lowest BCUT2D eigenvalue weighted by molar-refractivity contribution is -0.432. The Kier molecular flexibility index (Phi) is 9.90. The smallest absolute Gasteiger partial charge is 0.316 e. The van der Waals surface area contributed by atoms with E-state index in [-0.39, 0.29) is 5.69 Å². The zero-order chi connectivity index (χ0) is 25.0. The molecule has 0 fully saturated rings.